The molecule has 0 radical (unpaired) electrons. The van der Waals surface area contributed by atoms with Crippen LogP contribution >= 0.6 is 0 Å². The van der Waals surface area contributed by atoms with Gasteiger partial charge in [-0.05, 0) is 37.8 Å². The standard InChI is InChI=1S/C15H22O3S/c1-10(2)8-19(17,18)9-14(16)15-12(4)6-11(3)7-13(15)5/h6-7,10H,8-9H2,1-5H3. The zero-order valence-corrected chi connectivity index (χ0v) is 13.1. The lowest BCUT2D eigenvalue weighted by atomic mass is 9.97. The summed E-state index contributed by atoms with van der Waals surface area (Å²) in [5.74, 6) is -0.591. The summed E-state index contributed by atoms with van der Waals surface area (Å²) in [4.78, 5) is 12.2. The molecule has 1 rings (SSSR count). The van der Waals surface area contributed by atoms with Crippen molar-refractivity contribution in [3.8, 4) is 0 Å². The minimum absolute atomic E-state index is 0.0398. The zero-order valence-electron chi connectivity index (χ0n) is 12.3. The number of carbonyl (C=O) groups is 1. The highest BCUT2D eigenvalue weighted by Gasteiger charge is 2.21. The van der Waals surface area contributed by atoms with Crippen LogP contribution in [0.25, 0.3) is 0 Å². The Morgan fingerprint density at radius 2 is 1.58 bits per heavy atom. The van der Waals surface area contributed by atoms with Crippen molar-refractivity contribution < 1.29 is 13.2 Å². The molecule has 0 saturated heterocycles. The predicted molar refractivity (Wildman–Crippen MR) is 78.5 cm³/mol. The van der Waals surface area contributed by atoms with Crippen LogP contribution in [0.2, 0.25) is 0 Å². The Kier molecular flexibility index (Phi) is 4.91. The summed E-state index contributed by atoms with van der Waals surface area (Å²) in [7, 11) is -3.32. The molecule has 106 valence electrons. The Hall–Kier alpha value is -1.16. The van der Waals surface area contributed by atoms with E-state index in [9.17, 15) is 13.2 Å². The number of hydrogen-bond acceptors (Lipinski definition) is 3. The smallest absolute Gasteiger partial charge is 0.178 e. The molecular formula is C15H22O3S. The van der Waals surface area contributed by atoms with Crippen LogP contribution in [0.4, 0.5) is 0 Å². The van der Waals surface area contributed by atoms with Gasteiger partial charge in [-0.15, -0.1) is 0 Å². The molecule has 0 heterocycles. The molecule has 0 saturated carbocycles. The van der Waals surface area contributed by atoms with E-state index in [-0.39, 0.29) is 17.5 Å². The number of benzene rings is 1. The van der Waals surface area contributed by atoms with Crippen LogP contribution in [0.15, 0.2) is 12.1 Å². The largest absolute Gasteiger partial charge is 0.293 e. The van der Waals surface area contributed by atoms with Gasteiger partial charge in [-0.3, -0.25) is 4.79 Å². The molecular weight excluding hydrogens is 260 g/mol. The Bertz CT molecular complexity index is 560. The number of aryl methyl sites for hydroxylation is 3. The second-order valence-corrected chi connectivity index (χ2v) is 7.75. The van der Waals surface area contributed by atoms with Crippen molar-refractivity contribution >= 4 is 15.6 Å². The number of hydrogen-bond donors (Lipinski definition) is 0. The maximum atomic E-state index is 12.2. The van der Waals surface area contributed by atoms with Crippen molar-refractivity contribution in [2.24, 2.45) is 5.92 Å². The third kappa shape index (κ3) is 4.46. The summed E-state index contributed by atoms with van der Waals surface area (Å²) in [6, 6.07) is 3.82. The second kappa shape index (κ2) is 5.87. The lowest BCUT2D eigenvalue weighted by Crippen LogP contribution is -2.22. The third-order valence-corrected chi connectivity index (χ3v) is 4.77. The molecule has 1 aromatic carbocycles. The van der Waals surface area contributed by atoms with Gasteiger partial charge in [0.1, 0.15) is 5.75 Å². The molecule has 3 nitrogen and oxygen atoms in total. The number of rotatable bonds is 5. The Labute approximate surface area is 116 Å². The van der Waals surface area contributed by atoms with E-state index in [0.717, 1.165) is 16.7 Å². The maximum Gasteiger partial charge on any atom is 0.178 e. The topological polar surface area (TPSA) is 51.2 Å². The summed E-state index contributed by atoms with van der Waals surface area (Å²) < 4.78 is 23.8. The molecule has 0 aliphatic carbocycles. The minimum atomic E-state index is -3.32. The summed E-state index contributed by atoms with van der Waals surface area (Å²) in [5.41, 5.74) is 3.33. The van der Waals surface area contributed by atoms with Crippen molar-refractivity contribution in [2.45, 2.75) is 34.6 Å². The lowest BCUT2D eigenvalue weighted by molar-refractivity contribution is 0.102. The average Bonchev–Trinajstić information content (AvgIpc) is 2.10. The molecule has 0 spiro atoms. The van der Waals surface area contributed by atoms with Crippen molar-refractivity contribution in [1.29, 1.82) is 0 Å². The van der Waals surface area contributed by atoms with Crippen LogP contribution in [0, 0.1) is 26.7 Å². The molecule has 0 bridgehead atoms. The Balaban J connectivity index is 3.03. The Morgan fingerprint density at radius 3 is 2.00 bits per heavy atom. The fourth-order valence-electron chi connectivity index (χ4n) is 2.46. The van der Waals surface area contributed by atoms with E-state index in [0.29, 0.717) is 5.56 Å². The van der Waals surface area contributed by atoms with Crippen LogP contribution < -0.4 is 0 Å². The van der Waals surface area contributed by atoms with Gasteiger partial charge in [0.2, 0.25) is 0 Å². The summed E-state index contributed by atoms with van der Waals surface area (Å²) in [5, 5.41) is 0. The molecule has 1 aromatic rings. The first-order valence-corrected chi connectivity index (χ1v) is 8.26. The van der Waals surface area contributed by atoms with E-state index in [1.54, 1.807) is 0 Å². The monoisotopic (exact) mass is 282 g/mol. The fraction of sp³-hybridized carbons (Fsp3) is 0.533. The SMILES string of the molecule is Cc1cc(C)c(C(=O)CS(=O)(=O)CC(C)C)c(C)c1. The van der Waals surface area contributed by atoms with Gasteiger partial charge in [-0.2, -0.15) is 0 Å². The first-order chi connectivity index (χ1) is 8.62. The van der Waals surface area contributed by atoms with Crippen LogP contribution in [-0.2, 0) is 9.84 Å². The van der Waals surface area contributed by atoms with E-state index in [1.807, 2.05) is 46.8 Å². The van der Waals surface area contributed by atoms with Crippen molar-refractivity contribution in [2.75, 3.05) is 11.5 Å². The van der Waals surface area contributed by atoms with E-state index in [4.69, 9.17) is 0 Å². The van der Waals surface area contributed by atoms with Gasteiger partial charge in [0.15, 0.2) is 15.6 Å². The molecule has 0 aromatic heterocycles. The number of sulfone groups is 1. The highest BCUT2D eigenvalue weighted by Crippen LogP contribution is 2.18. The number of Topliss-reactive ketones (excluding diaryl/α,β-unsaturated/α-hetero) is 1. The molecule has 0 aliphatic rings. The molecule has 0 atom stereocenters. The summed E-state index contributed by atoms with van der Waals surface area (Å²) in [6.45, 7) is 9.34. The van der Waals surface area contributed by atoms with Gasteiger partial charge in [0.05, 0.1) is 5.75 Å². The zero-order chi connectivity index (χ0) is 14.8. The maximum absolute atomic E-state index is 12.2. The predicted octanol–water partition coefficient (Wildman–Crippen LogP) is 2.87. The van der Waals surface area contributed by atoms with Crippen molar-refractivity contribution in [1.82, 2.24) is 0 Å². The van der Waals surface area contributed by atoms with Crippen molar-refractivity contribution in [3.63, 3.8) is 0 Å². The molecule has 19 heavy (non-hydrogen) atoms. The van der Waals surface area contributed by atoms with Gasteiger partial charge in [0.25, 0.3) is 0 Å². The van der Waals surface area contributed by atoms with Gasteiger partial charge in [-0.25, -0.2) is 8.42 Å². The highest BCUT2D eigenvalue weighted by molar-refractivity contribution is 7.92. The van der Waals surface area contributed by atoms with Crippen LogP contribution in [0.3, 0.4) is 0 Å². The molecule has 4 heteroatoms. The number of carbonyl (C=O) groups excluding carboxylic acids is 1. The van der Waals surface area contributed by atoms with Gasteiger partial charge >= 0.3 is 0 Å². The number of ketones is 1. The lowest BCUT2D eigenvalue weighted by Gasteiger charge is -2.11. The fourth-order valence-corrected chi connectivity index (χ4v) is 4.14. The first kappa shape index (κ1) is 15.9. The molecule has 0 unspecified atom stereocenters. The van der Waals surface area contributed by atoms with Gasteiger partial charge < -0.3 is 0 Å². The third-order valence-electron chi connectivity index (χ3n) is 2.89. The summed E-state index contributed by atoms with van der Waals surface area (Å²) >= 11 is 0. The van der Waals surface area contributed by atoms with Gasteiger partial charge in [-0.1, -0.05) is 31.5 Å². The van der Waals surface area contributed by atoms with Crippen LogP contribution in [0.1, 0.15) is 40.9 Å². The van der Waals surface area contributed by atoms with Crippen LogP contribution in [-0.4, -0.2) is 25.7 Å². The van der Waals surface area contributed by atoms with Crippen molar-refractivity contribution in [3.05, 3.63) is 34.4 Å². The van der Waals surface area contributed by atoms with Gasteiger partial charge in [0, 0.05) is 5.56 Å². The van der Waals surface area contributed by atoms with E-state index in [1.165, 1.54) is 0 Å². The minimum Gasteiger partial charge on any atom is -0.293 e. The Morgan fingerprint density at radius 1 is 1.11 bits per heavy atom. The molecule has 0 N–H and O–H groups in total. The highest BCUT2D eigenvalue weighted by atomic mass is 32.2. The van der Waals surface area contributed by atoms with Crippen LogP contribution in [0.5, 0.6) is 0 Å². The molecule has 0 fully saturated rings. The quantitative estimate of drug-likeness (QED) is 0.780. The second-order valence-electron chi connectivity index (χ2n) is 5.65. The van der Waals surface area contributed by atoms with E-state index >= 15 is 0 Å². The first-order valence-electron chi connectivity index (χ1n) is 6.44. The average molecular weight is 282 g/mol. The van der Waals surface area contributed by atoms with E-state index < -0.39 is 15.6 Å². The summed E-state index contributed by atoms with van der Waals surface area (Å²) in [6.07, 6.45) is 0. The molecule has 0 aliphatic heterocycles. The normalized spacial score (nSPS) is 11.9. The van der Waals surface area contributed by atoms with E-state index in [2.05, 4.69) is 0 Å². The molecule has 0 amide bonds.